The largest absolute Gasteiger partial charge is 0.383 e. The van der Waals surface area contributed by atoms with Crippen molar-refractivity contribution in [1.29, 1.82) is 0 Å². The van der Waals surface area contributed by atoms with Crippen LogP contribution in [-0.2, 0) is 0 Å². The van der Waals surface area contributed by atoms with E-state index in [0.29, 0.717) is 22.8 Å². The van der Waals surface area contributed by atoms with Crippen LogP contribution in [0.5, 0.6) is 0 Å². The van der Waals surface area contributed by atoms with Gasteiger partial charge in [0.15, 0.2) is 5.69 Å². The maximum absolute atomic E-state index is 11.8. The number of hydrogen-bond donors (Lipinski definition) is 1. The summed E-state index contributed by atoms with van der Waals surface area (Å²) in [5, 5.41) is 10.5. The summed E-state index contributed by atoms with van der Waals surface area (Å²) in [5.74, 6) is 0. The molecule has 2 aromatic rings. The highest BCUT2D eigenvalue weighted by molar-refractivity contribution is 6.69. The second-order valence-corrected chi connectivity index (χ2v) is 4.41. The van der Waals surface area contributed by atoms with Crippen LogP contribution in [0.2, 0.25) is 0 Å². The first kappa shape index (κ1) is 12.3. The van der Waals surface area contributed by atoms with Gasteiger partial charge in [0.05, 0.1) is 11.4 Å². The van der Waals surface area contributed by atoms with E-state index >= 15 is 0 Å². The number of hydrogen-bond acceptors (Lipinski definition) is 5. The molecular formula is C14H12N4O2. The summed E-state index contributed by atoms with van der Waals surface area (Å²) in [6, 6.07) is 9.42. The Morgan fingerprint density at radius 2 is 1.75 bits per heavy atom. The zero-order chi connectivity index (χ0) is 14.1. The van der Waals surface area contributed by atoms with Crippen molar-refractivity contribution in [2.45, 2.75) is 13.8 Å². The summed E-state index contributed by atoms with van der Waals surface area (Å²) >= 11 is 0. The first-order valence-electron chi connectivity index (χ1n) is 6.12. The average molecular weight is 268 g/mol. The molecule has 0 atom stereocenters. The number of nitrogens with zero attached hydrogens (tertiary/aromatic N) is 3. The van der Waals surface area contributed by atoms with Gasteiger partial charge in [-0.3, -0.25) is 0 Å². The Kier molecular flexibility index (Phi) is 2.90. The third-order valence-electron chi connectivity index (χ3n) is 3.00. The summed E-state index contributed by atoms with van der Waals surface area (Å²) in [6.45, 7) is 3.60. The highest BCUT2D eigenvalue weighted by Crippen LogP contribution is 2.25. The van der Waals surface area contributed by atoms with Crippen molar-refractivity contribution in [2.24, 2.45) is 15.2 Å². The lowest BCUT2D eigenvalue weighted by molar-refractivity contribution is 0.394. The Bertz CT molecular complexity index is 774. The topological polar surface area (TPSA) is 83.1 Å². The number of aliphatic imine (C=N–C) groups is 1. The average Bonchev–Trinajstić information content (AvgIpc) is 2.98. The van der Waals surface area contributed by atoms with Crippen LogP contribution in [0, 0.1) is 0 Å². The van der Waals surface area contributed by atoms with E-state index < -0.39 is 5.63 Å². The molecule has 0 aliphatic carbocycles. The van der Waals surface area contributed by atoms with Gasteiger partial charge in [-0.05, 0) is 13.8 Å². The lowest BCUT2D eigenvalue weighted by Crippen LogP contribution is -2.15. The van der Waals surface area contributed by atoms with Crippen LogP contribution in [0.15, 0.2) is 54.8 Å². The van der Waals surface area contributed by atoms with Crippen molar-refractivity contribution in [2.75, 3.05) is 0 Å². The van der Waals surface area contributed by atoms with Gasteiger partial charge in [-0.1, -0.05) is 30.3 Å². The maximum atomic E-state index is 11.8. The normalized spacial score (nSPS) is 14.2. The highest BCUT2D eigenvalue weighted by Gasteiger charge is 2.19. The molecule has 2 heterocycles. The fourth-order valence-electron chi connectivity index (χ4n) is 1.98. The van der Waals surface area contributed by atoms with Crippen LogP contribution in [0.25, 0.3) is 11.3 Å². The molecule has 6 heteroatoms. The van der Waals surface area contributed by atoms with Gasteiger partial charge < -0.3 is 4.52 Å². The lowest BCUT2D eigenvalue weighted by Gasteiger charge is -1.99. The maximum Gasteiger partial charge on any atom is 0.383 e. The first-order chi connectivity index (χ1) is 9.66. The molecule has 0 fully saturated rings. The highest BCUT2D eigenvalue weighted by atomic mass is 16.5. The minimum Gasteiger partial charge on any atom is -0.336 e. The Morgan fingerprint density at radius 1 is 1.10 bits per heavy atom. The Hall–Kier alpha value is -2.76. The molecule has 1 aliphatic heterocycles. The van der Waals surface area contributed by atoms with E-state index in [2.05, 4.69) is 20.4 Å². The number of H-pyrrole nitrogens is 1. The minimum absolute atomic E-state index is 0.234. The lowest BCUT2D eigenvalue weighted by atomic mass is 10.1. The van der Waals surface area contributed by atoms with Crippen LogP contribution in [0.1, 0.15) is 13.8 Å². The number of aromatic nitrogens is 1. The molecule has 0 unspecified atom stereocenters. The van der Waals surface area contributed by atoms with Gasteiger partial charge in [-0.15, -0.1) is 0 Å². The van der Waals surface area contributed by atoms with Crippen LogP contribution < -0.4 is 5.63 Å². The second kappa shape index (κ2) is 4.73. The standard InChI is InChI=1S/C14H12N4O2/c1-8-11(9(2)17-16-8)15-13-12(18-20-14(13)19)10-6-4-3-5-7-10/h3-7,18H,1-2H3. The van der Waals surface area contributed by atoms with Crippen molar-refractivity contribution < 1.29 is 4.52 Å². The fraction of sp³-hybridized carbons (Fsp3) is 0.143. The number of rotatable bonds is 2. The van der Waals surface area contributed by atoms with E-state index in [1.807, 2.05) is 30.3 Å². The van der Waals surface area contributed by atoms with Crippen molar-refractivity contribution in [1.82, 2.24) is 5.16 Å². The third-order valence-corrected chi connectivity index (χ3v) is 3.00. The summed E-state index contributed by atoms with van der Waals surface area (Å²) in [5.41, 5.74) is 3.08. The van der Waals surface area contributed by atoms with Gasteiger partial charge in [-0.25, -0.2) is 14.9 Å². The van der Waals surface area contributed by atoms with E-state index in [1.54, 1.807) is 13.8 Å². The quantitative estimate of drug-likeness (QED) is 0.907. The Morgan fingerprint density at radius 3 is 2.40 bits per heavy atom. The molecule has 0 radical (unpaired) electrons. The molecule has 0 bridgehead atoms. The molecule has 1 aliphatic rings. The van der Waals surface area contributed by atoms with E-state index in [0.717, 1.165) is 5.56 Å². The van der Waals surface area contributed by atoms with Crippen LogP contribution in [0.4, 0.5) is 5.69 Å². The predicted octanol–water partition coefficient (Wildman–Crippen LogP) is 2.56. The van der Waals surface area contributed by atoms with E-state index in [-0.39, 0.29) is 5.69 Å². The van der Waals surface area contributed by atoms with Crippen LogP contribution in [0.3, 0.4) is 0 Å². The molecule has 6 nitrogen and oxygen atoms in total. The van der Waals surface area contributed by atoms with Gasteiger partial charge in [0.25, 0.3) is 0 Å². The molecule has 1 aromatic heterocycles. The molecule has 20 heavy (non-hydrogen) atoms. The molecule has 0 saturated heterocycles. The van der Waals surface area contributed by atoms with Crippen LogP contribution in [-0.4, -0.2) is 22.3 Å². The SMILES string of the molecule is CC1=NN=C(C)C1=Nc1c(-c2ccccc2)[nH]oc1=O. The molecule has 1 N–H and O–H groups in total. The van der Waals surface area contributed by atoms with Crippen molar-refractivity contribution >= 4 is 22.8 Å². The van der Waals surface area contributed by atoms with Crippen molar-refractivity contribution in [3.05, 3.63) is 40.8 Å². The summed E-state index contributed by atoms with van der Waals surface area (Å²) in [7, 11) is 0. The molecule has 0 spiro atoms. The van der Waals surface area contributed by atoms with Crippen molar-refractivity contribution in [3.63, 3.8) is 0 Å². The summed E-state index contributed by atoms with van der Waals surface area (Å²) in [6.07, 6.45) is 0. The molecular weight excluding hydrogens is 256 g/mol. The molecule has 3 rings (SSSR count). The van der Waals surface area contributed by atoms with E-state index in [9.17, 15) is 4.79 Å². The predicted molar refractivity (Wildman–Crippen MR) is 78.1 cm³/mol. The molecule has 100 valence electrons. The van der Waals surface area contributed by atoms with Gasteiger partial charge in [0.2, 0.25) is 0 Å². The van der Waals surface area contributed by atoms with Crippen molar-refractivity contribution in [3.8, 4) is 11.3 Å². The number of nitrogens with one attached hydrogen (secondary N) is 1. The summed E-state index contributed by atoms with van der Waals surface area (Å²) in [4.78, 5) is 16.2. The third kappa shape index (κ3) is 2.01. The minimum atomic E-state index is -0.510. The monoisotopic (exact) mass is 268 g/mol. The zero-order valence-corrected chi connectivity index (χ0v) is 11.0. The smallest absolute Gasteiger partial charge is 0.336 e. The fourth-order valence-corrected chi connectivity index (χ4v) is 1.98. The summed E-state index contributed by atoms with van der Waals surface area (Å²) < 4.78 is 4.86. The van der Waals surface area contributed by atoms with Gasteiger partial charge in [0.1, 0.15) is 11.4 Å². The van der Waals surface area contributed by atoms with Gasteiger partial charge >= 0.3 is 5.63 Å². The van der Waals surface area contributed by atoms with Gasteiger partial charge in [-0.2, -0.15) is 10.2 Å². The Balaban J connectivity index is 2.15. The van der Waals surface area contributed by atoms with Gasteiger partial charge in [0, 0.05) is 5.56 Å². The number of benzene rings is 1. The number of aromatic amines is 1. The Labute approximate surface area is 114 Å². The second-order valence-electron chi connectivity index (χ2n) is 4.41. The zero-order valence-electron chi connectivity index (χ0n) is 11.0. The molecule has 1 aromatic carbocycles. The molecule has 0 saturated carbocycles. The van der Waals surface area contributed by atoms with E-state index in [4.69, 9.17) is 4.52 Å². The van der Waals surface area contributed by atoms with E-state index in [1.165, 1.54) is 0 Å². The molecule has 0 amide bonds. The van der Waals surface area contributed by atoms with Crippen LogP contribution >= 0.6 is 0 Å². The first-order valence-corrected chi connectivity index (χ1v) is 6.12.